The van der Waals surface area contributed by atoms with Gasteiger partial charge in [-0.25, -0.2) is 4.98 Å². The predicted octanol–water partition coefficient (Wildman–Crippen LogP) is 4.12. The van der Waals surface area contributed by atoms with E-state index < -0.39 is 0 Å². The lowest BCUT2D eigenvalue weighted by molar-refractivity contribution is -0.116. The van der Waals surface area contributed by atoms with Crippen LogP contribution in [0.4, 0.5) is 5.69 Å². The number of hydrogen-bond donors (Lipinski definition) is 1. The lowest BCUT2D eigenvalue weighted by atomic mass is 10.1. The van der Waals surface area contributed by atoms with Gasteiger partial charge in [0.25, 0.3) is 11.5 Å². The number of rotatable bonds is 5. The van der Waals surface area contributed by atoms with E-state index in [1.165, 1.54) is 27.1 Å². The summed E-state index contributed by atoms with van der Waals surface area (Å²) >= 11 is 7.34. The van der Waals surface area contributed by atoms with Crippen LogP contribution in [0.5, 0.6) is 0 Å². The SMILES string of the molecule is CN(C)C(=O)c1ccc(NC(=O)Cn2cnc3scc(-c4ccc(Cl)cc4)c3c2=O)cc1. The molecule has 0 radical (unpaired) electrons. The van der Waals surface area contributed by atoms with Gasteiger partial charge in [0.15, 0.2) is 0 Å². The first kappa shape index (κ1) is 21.7. The topological polar surface area (TPSA) is 84.3 Å². The van der Waals surface area contributed by atoms with Gasteiger partial charge in [-0.3, -0.25) is 19.0 Å². The van der Waals surface area contributed by atoms with Crippen molar-refractivity contribution in [2.75, 3.05) is 19.4 Å². The Morgan fingerprint density at radius 3 is 2.44 bits per heavy atom. The van der Waals surface area contributed by atoms with Crippen molar-refractivity contribution in [2.24, 2.45) is 0 Å². The van der Waals surface area contributed by atoms with E-state index in [1.807, 2.05) is 17.5 Å². The first-order valence-electron chi connectivity index (χ1n) is 9.67. The van der Waals surface area contributed by atoms with E-state index in [0.29, 0.717) is 26.5 Å². The maximum Gasteiger partial charge on any atom is 0.263 e. The summed E-state index contributed by atoms with van der Waals surface area (Å²) in [5.74, 6) is -0.496. The predicted molar refractivity (Wildman–Crippen MR) is 127 cm³/mol. The van der Waals surface area contributed by atoms with Gasteiger partial charge < -0.3 is 10.2 Å². The van der Waals surface area contributed by atoms with Gasteiger partial charge >= 0.3 is 0 Å². The van der Waals surface area contributed by atoms with E-state index in [9.17, 15) is 14.4 Å². The highest BCUT2D eigenvalue weighted by molar-refractivity contribution is 7.17. The summed E-state index contributed by atoms with van der Waals surface area (Å²) in [5.41, 5.74) is 2.38. The molecule has 4 rings (SSSR count). The highest BCUT2D eigenvalue weighted by Gasteiger charge is 2.15. The van der Waals surface area contributed by atoms with Crippen LogP contribution in [0.15, 0.2) is 65.0 Å². The Morgan fingerprint density at radius 2 is 1.78 bits per heavy atom. The van der Waals surface area contributed by atoms with Crippen LogP contribution in [-0.4, -0.2) is 40.4 Å². The normalized spacial score (nSPS) is 10.8. The number of amides is 2. The average molecular weight is 467 g/mol. The molecule has 0 spiro atoms. The van der Waals surface area contributed by atoms with E-state index in [4.69, 9.17) is 11.6 Å². The third-order valence-corrected chi connectivity index (χ3v) is 5.99. The number of anilines is 1. The maximum absolute atomic E-state index is 13.1. The molecule has 0 fully saturated rings. The fraction of sp³-hybridized carbons (Fsp3) is 0.130. The number of aromatic nitrogens is 2. The van der Waals surface area contributed by atoms with E-state index in [0.717, 1.165) is 11.1 Å². The number of halogens is 1. The Balaban J connectivity index is 1.55. The second-order valence-electron chi connectivity index (χ2n) is 7.34. The quantitative estimate of drug-likeness (QED) is 0.479. The molecule has 0 unspecified atom stereocenters. The molecule has 9 heteroatoms. The number of carbonyl (C=O) groups excluding carboxylic acids is 2. The van der Waals surface area contributed by atoms with Gasteiger partial charge in [0.05, 0.1) is 11.7 Å². The van der Waals surface area contributed by atoms with Crippen molar-refractivity contribution in [3.05, 3.63) is 81.2 Å². The number of fused-ring (bicyclic) bond motifs is 1. The van der Waals surface area contributed by atoms with Gasteiger partial charge in [0.2, 0.25) is 5.91 Å². The number of nitrogens with one attached hydrogen (secondary N) is 1. The van der Waals surface area contributed by atoms with Gasteiger partial charge in [-0.2, -0.15) is 0 Å². The molecule has 0 saturated heterocycles. The lowest BCUT2D eigenvalue weighted by Crippen LogP contribution is -2.27. The minimum absolute atomic E-state index is 0.124. The number of hydrogen-bond acceptors (Lipinski definition) is 5. The molecule has 1 N–H and O–H groups in total. The summed E-state index contributed by atoms with van der Waals surface area (Å²) in [6.45, 7) is -0.184. The van der Waals surface area contributed by atoms with Crippen molar-refractivity contribution in [1.82, 2.24) is 14.5 Å². The molecule has 2 amide bonds. The van der Waals surface area contributed by atoms with Crippen LogP contribution in [0.25, 0.3) is 21.3 Å². The molecular formula is C23H19ClN4O3S. The zero-order valence-corrected chi connectivity index (χ0v) is 18.9. The first-order valence-corrected chi connectivity index (χ1v) is 10.9. The Bertz CT molecular complexity index is 1360. The second kappa shape index (κ2) is 8.94. The number of benzene rings is 2. The molecule has 7 nitrogen and oxygen atoms in total. The van der Waals surface area contributed by atoms with Crippen LogP contribution < -0.4 is 10.9 Å². The summed E-state index contributed by atoms with van der Waals surface area (Å²) in [6.07, 6.45) is 1.38. The number of thiophene rings is 1. The van der Waals surface area contributed by atoms with Gasteiger partial charge in [-0.05, 0) is 42.0 Å². The Morgan fingerprint density at radius 1 is 1.09 bits per heavy atom. The summed E-state index contributed by atoms with van der Waals surface area (Å²) in [7, 11) is 3.35. The zero-order valence-electron chi connectivity index (χ0n) is 17.3. The van der Waals surface area contributed by atoms with Gasteiger partial charge in [0.1, 0.15) is 11.4 Å². The largest absolute Gasteiger partial charge is 0.345 e. The van der Waals surface area contributed by atoms with E-state index >= 15 is 0 Å². The van der Waals surface area contributed by atoms with E-state index in [-0.39, 0.29) is 23.9 Å². The van der Waals surface area contributed by atoms with Crippen molar-refractivity contribution >= 4 is 50.7 Å². The van der Waals surface area contributed by atoms with Crippen molar-refractivity contribution in [1.29, 1.82) is 0 Å². The summed E-state index contributed by atoms with van der Waals surface area (Å²) in [4.78, 5) is 44.1. The molecule has 2 heterocycles. The minimum Gasteiger partial charge on any atom is -0.345 e. The van der Waals surface area contributed by atoms with Crippen molar-refractivity contribution in [2.45, 2.75) is 6.54 Å². The van der Waals surface area contributed by atoms with E-state index in [1.54, 1.807) is 50.5 Å². The van der Waals surface area contributed by atoms with Crippen LogP contribution in [0, 0.1) is 0 Å². The van der Waals surface area contributed by atoms with Crippen molar-refractivity contribution in [3.8, 4) is 11.1 Å². The molecule has 162 valence electrons. The van der Waals surface area contributed by atoms with Crippen LogP contribution in [-0.2, 0) is 11.3 Å². The van der Waals surface area contributed by atoms with Crippen molar-refractivity contribution < 1.29 is 9.59 Å². The molecule has 0 aliphatic carbocycles. The Hall–Kier alpha value is -3.49. The van der Waals surface area contributed by atoms with Crippen LogP contribution in [0.2, 0.25) is 5.02 Å². The van der Waals surface area contributed by atoms with Crippen LogP contribution in [0.3, 0.4) is 0 Å². The Labute approximate surface area is 192 Å². The maximum atomic E-state index is 13.1. The standard InChI is InChI=1S/C23H19ClN4O3S/c1-27(2)22(30)15-5-9-17(10-6-15)26-19(29)11-28-13-25-21-20(23(28)31)18(12-32-21)14-3-7-16(24)8-4-14/h3-10,12-13H,11H2,1-2H3,(H,26,29). The minimum atomic E-state index is -0.372. The zero-order chi connectivity index (χ0) is 22.8. The highest BCUT2D eigenvalue weighted by atomic mass is 35.5. The molecule has 0 atom stereocenters. The molecule has 32 heavy (non-hydrogen) atoms. The molecular weight excluding hydrogens is 448 g/mol. The molecule has 0 bridgehead atoms. The van der Waals surface area contributed by atoms with Crippen molar-refractivity contribution in [3.63, 3.8) is 0 Å². The third-order valence-electron chi connectivity index (χ3n) is 4.85. The summed E-state index contributed by atoms with van der Waals surface area (Å²) in [6, 6.07) is 13.8. The average Bonchev–Trinajstić information content (AvgIpc) is 3.21. The van der Waals surface area contributed by atoms with Gasteiger partial charge in [-0.1, -0.05) is 23.7 Å². The molecule has 0 aliphatic rings. The number of carbonyl (C=O) groups is 2. The van der Waals surface area contributed by atoms with Crippen LogP contribution in [0.1, 0.15) is 10.4 Å². The van der Waals surface area contributed by atoms with Crippen LogP contribution >= 0.6 is 22.9 Å². The number of nitrogens with zero attached hydrogens (tertiary/aromatic N) is 3. The third kappa shape index (κ3) is 4.42. The van der Waals surface area contributed by atoms with Gasteiger partial charge in [0, 0.05) is 41.3 Å². The molecule has 0 aliphatic heterocycles. The molecule has 2 aromatic carbocycles. The second-order valence-corrected chi connectivity index (χ2v) is 8.63. The molecule has 2 aromatic heterocycles. The van der Waals surface area contributed by atoms with Gasteiger partial charge in [-0.15, -0.1) is 11.3 Å². The fourth-order valence-corrected chi connectivity index (χ4v) is 4.26. The lowest BCUT2D eigenvalue weighted by Gasteiger charge is -2.11. The smallest absolute Gasteiger partial charge is 0.263 e. The van der Waals surface area contributed by atoms with E-state index in [2.05, 4.69) is 10.3 Å². The first-order chi connectivity index (χ1) is 15.3. The Kier molecular flexibility index (Phi) is 6.07. The monoisotopic (exact) mass is 466 g/mol. The summed E-state index contributed by atoms with van der Waals surface area (Å²) < 4.78 is 1.29. The molecule has 4 aromatic rings. The summed E-state index contributed by atoms with van der Waals surface area (Å²) in [5, 5.41) is 5.70. The fourth-order valence-electron chi connectivity index (χ4n) is 3.23. The highest BCUT2D eigenvalue weighted by Crippen LogP contribution is 2.31. The molecule has 0 saturated carbocycles.